The normalized spacial score (nSPS) is 44.9. The van der Waals surface area contributed by atoms with Crippen molar-refractivity contribution < 1.29 is 0 Å². The van der Waals surface area contributed by atoms with Gasteiger partial charge in [0.25, 0.3) is 0 Å². The highest BCUT2D eigenvalue weighted by molar-refractivity contribution is 5.09. The zero-order valence-corrected chi connectivity index (χ0v) is 10.4. The molecule has 4 saturated carbocycles. The van der Waals surface area contributed by atoms with Crippen LogP contribution in [0.4, 0.5) is 0 Å². The largest absolute Gasteiger partial charge is 0.287 e. The SMILES string of the molecule is C#CCN(CC)C12CC3CC(CC(C3)C1)C2. The molecule has 0 aromatic heterocycles. The van der Waals surface area contributed by atoms with Crippen molar-refractivity contribution in [2.45, 2.75) is 51.0 Å². The monoisotopic (exact) mass is 217 g/mol. The van der Waals surface area contributed by atoms with Gasteiger partial charge in [0.05, 0.1) is 6.54 Å². The predicted octanol–water partition coefficient (Wildman–Crippen LogP) is 2.91. The first-order chi connectivity index (χ1) is 7.75. The first-order valence-corrected chi connectivity index (χ1v) is 6.94. The zero-order valence-electron chi connectivity index (χ0n) is 10.4. The highest BCUT2D eigenvalue weighted by Gasteiger charge is 2.52. The number of hydrogen-bond donors (Lipinski definition) is 0. The minimum absolute atomic E-state index is 0.510. The lowest BCUT2D eigenvalue weighted by molar-refractivity contribution is -0.0821. The topological polar surface area (TPSA) is 3.24 Å². The lowest BCUT2D eigenvalue weighted by Crippen LogP contribution is -2.60. The number of hydrogen-bond acceptors (Lipinski definition) is 1. The Labute approximate surface area is 99.6 Å². The third-order valence-electron chi connectivity index (χ3n) is 5.34. The molecule has 0 atom stereocenters. The number of terminal acetylenes is 1. The third kappa shape index (κ3) is 1.51. The molecule has 0 amide bonds. The van der Waals surface area contributed by atoms with Crippen LogP contribution in [-0.2, 0) is 0 Å². The van der Waals surface area contributed by atoms with Crippen LogP contribution >= 0.6 is 0 Å². The van der Waals surface area contributed by atoms with E-state index in [4.69, 9.17) is 6.42 Å². The van der Waals surface area contributed by atoms with Crippen LogP contribution in [0, 0.1) is 30.1 Å². The van der Waals surface area contributed by atoms with Crippen LogP contribution in [-0.4, -0.2) is 23.5 Å². The summed E-state index contributed by atoms with van der Waals surface area (Å²) in [5.41, 5.74) is 0.510. The zero-order chi connectivity index (χ0) is 11.2. The molecular weight excluding hydrogens is 194 g/mol. The van der Waals surface area contributed by atoms with Gasteiger partial charge in [-0.05, 0) is 62.8 Å². The fourth-order valence-electron chi connectivity index (χ4n) is 5.18. The Hall–Kier alpha value is -0.480. The van der Waals surface area contributed by atoms with Crippen molar-refractivity contribution in [1.29, 1.82) is 0 Å². The Balaban J connectivity index is 1.84. The van der Waals surface area contributed by atoms with E-state index < -0.39 is 0 Å². The summed E-state index contributed by atoms with van der Waals surface area (Å²) >= 11 is 0. The Bertz CT molecular complexity index is 277. The second-order valence-corrected chi connectivity index (χ2v) is 6.36. The van der Waals surface area contributed by atoms with Gasteiger partial charge in [0.1, 0.15) is 0 Å². The van der Waals surface area contributed by atoms with Gasteiger partial charge >= 0.3 is 0 Å². The number of nitrogens with zero attached hydrogens (tertiary/aromatic N) is 1. The maximum atomic E-state index is 5.53. The molecule has 0 radical (unpaired) electrons. The van der Waals surface area contributed by atoms with Crippen molar-refractivity contribution in [1.82, 2.24) is 4.90 Å². The molecule has 0 unspecified atom stereocenters. The standard InChI is InChI=1S/C15H23N/c1-3-5-16(4-2)15-9-12-6-13(10-15)8-14(7-12)11-15/h1,12-14H,4-11H2,2H3. The molecule has 1 heteroatoms. The summed E-state index contributed by atoms with van der Waals surface area (Å²) < 4.78 is 0. The van der Waals surface area contributed by atoms with Crippen LogP contribution in [0.5, 0.6) is 0 Å². The van der Waals surface area contributed by atoms with Crippen LogP contribution in [0.15, 0.2) is 0 Å². The maximum Gasteiger partial charge on any atom is 0.0603 e. The Morgan fingerprint density at radius 1 is 1.12 bits per heavy atom. The molecule has 0 spiro atoms. The summed E-state index contributed by atoms with van der Waals surface area (Å²) in [7, 11) is 0. The van der Waals surface area contributed by atoms with Crippen LogP contribution < -0.4 is 0 Å². The molecule has 0 saturated heterocycles. The highest BCUT2D eigenvalue weighted by Crippen LogP contribution is 2.57. The van der Waals surface area contributed by atoms with E-state index in [1.807, 2.05) is 0 Å². The van der Waals surface area contributed by atoms with Crippen molar-refractivity contribution in [3.63, 3.8) is 0 Å². The predicted molar refractivity (Wildman–Crippen MR) is 67.0 cm³/mol. The molecule has 16 heavy (non-hydrogen) atoms. The number of rotatable bonds is 3. The van der Waals surface area contributed by atoms with E-state index in [1.54, 1.807) is 0 Å². The van der Waals surface area contributed by atoms with Gasteiger partial charge in [-0.1, -0.05) is 12.8 Å². The lowest BCUT2D eigenvalue weighted by atomic mass is 9.52. The van der Waals surface area contributed by atoms with Crippen LogP contribution in [0.1, 0.15) is 45.4 Å². The fraction of sp³-hybridized carbons (Fsp3) is 0.867. The van der Waals surface area contributed by atoms with E-state index in [2.05, 4.69) is 17.7 Å². The summed E-state index contributed by atoms with van der Waals surface area (Å²) in [5, 5.41) is 0. The smallest absolute Gasteiger partial charge is 0.0603 e. The van der Waals surface area contributed by atoms with E-state index >= 15 is 0 Å². The van der Waals surface area contributed by atoms with E-state index in [9.17, 15) is 0 Å². The molecule has 0 N–H and O–H groups in total. The minimum atomic E-state index is 0.510. The van der Waals surface area contributed by atoms with E-state index in [1.165, 1.54) is 38.5 Å². The van der Waals surface area contributed by atoms with E-state index in [0.717, 1.165) is 30.8 Å². The van der Waals surface area contributed by atoms with Crippen molar-refractivity contribution in [3.8, 4) is 12.3 Å². The van der Waals surface area contributed by atoms with E-state index in [0.29, 0.717) is 5.54 Å². The van der Waals surface area contributed by atoms with Gasteiger partial charge in [-0.2, -0.15) is 0 Å². The molecule has 0 aromatic rings. The van der Waals surface area contributed by atoms with Gasteiger partial charge in [-0.15, -0.1) is 6.42 Å². The molecule has 4 aliphatic rings. The quantitative estimate of drug-likeness (QED) is 0.657. The summed E-state index contributed by atoms with van der Waals surface area (Å²) in [4.78, 5) is 2.61. The van der Waals surface area contributed by atoms with Crippen LogP contribution in [0.2, 0.25) is 0 Å². The van der Waals surface area contributed by atoms with Crippen molar-refractivity contribution in [2.24, 2.45) is 17.8 Å². The van der Waals surface area contributed by atoms with Gasteiger partial charge in [-0.25, -0.2) is 0 Å². The molecule has 4 bridgehead atoms. The van der Waals surface area contributed by atoms with Gasteiger partial charge in [0, 0.05) is 5.54 Å². The third-order valence-corrected chi connectivity index (χ3v) is 5.34. The summed E-state index contributed by atoms with van der Waals surface area (Å²) in [6, 6.07) is 0. The average molecular weight is 217 g/mol. The van der Waals surface area contributed by atoms with Crippen LogP contribution in [0.25, 0.3) is 0 Å². The summed E-state index contributed by atoms with van der Waals surface area (Å²) in [5.74, 6) is 5.95. The van der Waals surface area contributed by atoms with Gasteiger partial charge in [0.2, 0.25) is 0 Å². The molecule has 1 nitrogen and oxygen atoms in total. The minimum Gasteiger partial charge on any atom is -0.287 e. The lowest BCUT2D eigenvalue weighted by Gasteiger charge is -2.60. The first kappa shape index (κ1) is 10.7. The Morgan fingerprint density at radius 2 is 1.62 bits per heavy atom. The highest BCUT2D eigenvalue weighted by atomic mass is 15.2. The molecule has 4 aliphatic carbocycles. The molecule has 0 heterocycles. The average Bonchev–Trinajstić information content (AvgIpc) is 2.23. The summed E-state index contributed by atoms with van der Waals surface area (Å²) in [6.07, 6.45) is 14.4. The maximum absolute atomic E-state index is 5.53. The molecule has 4 fully saturated rings. The second kappa shape index (κ2) is 3.77. The van der Waals surface area contributed by atoms with Crippen LogP contribution in [0.3, 0.4) is 0 Å². The van der Waals surface area contributed by atoms with Crippen molar-refractivity contribution in [3.05, 3.63) is 0 Å². The first-order valence-electron chi connectivity index (χ1n) is 6.94. The van der Waals surface area contributed by atoms with Crippen molar-refractivity contribution in [2.75, 3.05) is 13.1 Å². The van der Waals surface area contributed by atoms with Gasteiger partial charge in [-0.3, -0.25) is 4.90 Å². The van der Waals surface area contributed by atoms with E-state index in [-0.39, 0.29) is 0 Å². The molecular formula is C15H23N. The van der Waals surface area contributed by atoms with Gasteiger partial charge in [0.15, 0.2) is 0 Å². The summed E-state index contributed by atoms with van der Waals surface area (Å²) in [6.45, 7) is 4.27. The Kier molecular flexibility index (Phi) is 2.51. The fourth-order valence-corrected chi connectivity index (χ4v) is 5.18. The molecule has 88 valence electrons. The Morgan fingerprint density at radius 3 is 2.00 bits per heavy atom. The molecule has 4 rings (SSSR count). The van der Waals surface area contributed by atoms with Gasteiger partial charge < -0.3 is 0 Å². The second-order valence-electron chi connectivity index (χ2n) is 6.36. The molecule has 0 aromatic carbocycles. The molecule has 0 aliphatic heterocycles. The van der Waals surface area contributed by atoms with Crippen molar-refractivity contribution >= 4 is 0 Å².